The Hall–Kier alpha value is -2.35. The summed E-state index contributed by atoms with van der Waals surface area (Å²) in [4.78, 5) is 14.4. The number of hydrogen-bond acceptors (Lipinski definition) is 2. The highest BCUT2D eigenvalue weighted by Gasteiger charge is 2.11. The summed E-state index contributed by atoms with van der Waals surface area (Å²) in [7, 11) is 4.04. The average molecular weight is 305 g/mol. The minimum Gasteiger partial charge on any atom is -0.378 e. The molecule has 2 heteroatoms. The average Bonchev–Trinajstić information content (AvgIpc) is 2.59. The summed E-state index contributed by atoms with van der Waals surface area (Å²) in [6, 6.07) is 14.4. The van der Waals surface area contributed by atoms with E-state index in [9.17, 15) is 4.79 Å². The number of anilines is 1. The second-order valence-electron chi connectivity index (χ2n) is 6.37. The minimum absolute atomic E-state index is 0.0788. The molecule has 1 aliphatic rings. The van der Waals surface area contributed by atoms with E-state index in [2.05, 4.69) is 29.2 Å². The highest BCUT2D eigenvalue weighted by Crippen LogP contribution is 2.22. The van der Waals surface area contributed by atoms with Gasteiger partial charge in [-0.15, -0.1) is 0 Å². The number of hydrogen-bond donors (Lipinski definition) is 0. The summed E-state index contributed by atoms with van der Waals surface area (Å²) in [5.74, 6) is 0.0788. The first-order valence-electron chi connectivity index (χ1n) is 8.25. The first-order chi connectivity index (χ1) is 11.1. The lowest BCUT2D eigenvalue weighted by Gasteiger charge is -2.15. The van der Waals surface area contributed by atoms with Crippen LogP contribution in [0, 0.1) is 0 Å². The first-order valence-corrected chi connectivity index (χ1v) is 8.25. The van der Waals surface area contributed by atoms with Gasteiger partial charge in [-0.25, -0.2) is 0 Å². The number of ketones is 1. The van der Waals surface area contributed by atoms with Crippen LogP contribution in [0.15, 0.2) is 48.5 Å². The Morgan fingerprint density at radius 2 is 1.65 bits per heavy atom. The number of benzene rings is 2. The van der Waals surface area contributed by atoms with Gasteiger partial charge in [0, 0.05) is 25.3 Å². The molecule has 0 radical (unpaired) electrons. The molecule has 0 saturated heterocycles. The van der Waals surface area contributed by atoms with Crippen LogP contribution in [0.4, 0.5) is 5.69 Å². The molecule has 3 rings (SSSR count). The Kier molecular flexibility index (Phi) is 4.61. The predicted molar refractivity (Wildman–Crippen MR) is 97.2 cm³/mol. The van der Waals surface area contributed by atoms with Crippen molar-refractivity contribution in [3.05, 3.63) is 70.8 Å². The van der Waals surface area contributed by atoms with Crippen LogP contribution in [0.5, 0.6) is 0 Å². The fourth-order valence-electron chi connectivity index (χ4n) is 3.04. The van der Waals surface area contributed by atoms with Gasteiger partial charge in [0.1, 0.15) is 0 Å². The molecule has 0 aromatic heterocycles. The molecule has 2 aromatic carbocycles. The normalized spacial score (nSPS) is 13.8. The van der Waals surface area contributed by atoms with Crippen LogP contribution in [0.1, 0.15) is 39.9 Å². The quantitative estimate of drug-likeness (QED) is 0.611. The van der Waals surface area contributed by atoms with E-state index >= 15 is 0 Å². The van der Waals surface area contributed by atoms with E-state index in [-0.39, 0.29) is 5.78 Å². The fraction of sp³-hybridized carbons (Fsp3) is 0.286. The molecule has 0 atom stereocenters. The van der Waals surface area contributed by atoms with Gasteiger partial charge in [0.25, 0.3) is 0 Å². The van der Waals surface area contributed by atoms with Crippen molar-refractivity contribution in [2.24, 2.45) is 0 Å². The van der Waals surface area contributed by atoms with Gasteiger partial charge in [0.15, 0.2) is 5.78 Å². The lowest BCUT2D eigenvalue weighted by molar-refractivity contribution is 0.104. The van der Waals surface area contributed by atoms with Gasteiger partial charge in [-0.3, -0.25) is 4.79 Å². The van der Waals surface area contributed by atoms with Crippen LogP contribution < -0.4 is 4.90 Å². The van der Waals surface area contributed by atoms with Crippen molar-refractivity contribution in [3.63, 3.8) is 0 Å². The van der Waals surface area contributed by atoms with Crippen LogP contribution in [0.3, 0.4) is 0 Å². The summed E-state index contributed by atoms with van der Waals surface area (Å²) in [6.07, 6.45) is 8.32. The van der Waals surface area contributed by atoms with Crippen LogP contribution >= 0.6 is 0 Å². The van der Waals surface area contributed by atoms with Crippen molar-refractivity contribution >= 4 is 17.5 Å². The zero-order valence-corrected chi connectivity index (χ0v) is 13.9. The van der Waals surface area contributed by atoms with Crippen molar-refractivity contribution in [1.82, 2.24) is 0 Å². The third-order valence-electron chi connectivity index (χ3n) is 4.47. The van der Waals surface area contributed by atoms with Gasteiger partial charge >= 0.3 is 0 Å². The van der Waals surface area contributed by atoms with Crippen molar-refractivity contribution in [2.45, 2.75) is 25.7 Å². The Labute approximate surface area is 138 Å². The smallest absolute Gasteiger partial charge is 0.185 e. The molecule has 1 aliphatic carbocycles. The molecule has 0 amide bonds. The molecule has 0 unspecified atom stereocenters. The molecule has 0 fully saturated rings. The number of carbonyl (C=O) groups is 1. The molecular weight excluding hydrogens is 282 g/mol. The molecule has 0 N–H and O–H groups in total. The Balaban J connectivity index is 1.73. The molecule has 0 saturated carbocycles. The lowest BCUT2D eigenvalue weighted by Crippen LogP contribution is -2.07. The maximum Gasteiger partial charge on any atom is 0.185 e. The second kappa shape index (κ2) is 6.82. The first kappa shape index (κ1) is 15.5. The van der Waals surface area contributed by atoms with Crippen molar-refractivity contribution < 1.29 is 4.79 Å². The van der Waals surface area contributed by atoms with Crippen molar-refractivity contribution in [1.29, 1.82) is 0 Å². The molecule has 0 bridgehead atoms. The number of aryl methyl sites for hydroxylation is 2. The zero-order chi connectivity index (χ0) is 16.2. The molecule has 118 valence electrons. The molecule has 0 aliphatic heterocycles. The van der Waals surface area contributed by atoms with E-state index in [1.807, 2.05) is 38.4 Å². The fourth-order valence-corrected chi connectivity index (χ4v) is 3.04. The summed E-state index contributed by atoms with van der Waals surface area (Å²) in [5, 5.41) is 0. The maximum atomic E-state index is 12.4. The van der Waals surface area contributed by atoms with E-state index < -0.39 is 0 Å². The predicted octanol–water partition coefficient (Wildman–Crippen LogP) is 4.53. The molecule has 2 nitrogen and oxygen atoms in total. The van der Waals surface area contributed by atoms with Crippen LogP contribution in [-0.4, -0.2) is 19.9 Å². The largest absolute Gasteiger partial charge is 0.378 e. The van der Waals surface area contributed by atoms with E-state index in [1.54, 1.807) is 6.08 Å². The van der Waals surface area contributed by atoms with Crippen molar-refractivity contribution in [3.8, 4) is 0 Å². The standard InChI is InChI=1S/C21H23NO/c1-22(2)20-12-7-16(8-13-20)9-14-21(23)19-11-10-17-5-3-4-6-18(17)15-19/h7-15H,3-6H2,1-2H3/b14-9+. The van der Waals surface area contributed by atoms with E-state index in [0.717, 1.165) is 29.7 Å². The molecule has 0 spiro atoms. The number of nitrogens with zero attached hydrogens (tertiary/aromatic N) is 1. The van der Waals surface area contributed by atoms with Gasteiger partial charge < -0.3 is 4.90 Å². The topological polar surface area (TPSA) is 20.3 Å². The van der Waals surface area contributed by atoms with Crippen molar-refractivity contribution in [2.75, 3.05) is 19.0 Å². The lowest BCUT2D eigenvalue weighted by atomic mass is 9.90. The second-order valence-corrected chi connectivity index (χ2v) is 6.37. The number of allylic oxidation sites excluding steroid dienone is 1. The van der Waals surface area contributed by atoms with E-state index in [1.165, 1.54) is 24.0 Å². The molecule has 23 heavy (non-hydrogen) atoms. The third kappa shape index (κ3) is 3.70. The Morgan fingerprint density at radius 1 is 0.957 bits per heavy atom. The van der Waals surface area contributed by atoms with Gasteiger partial charge in [-0.05, 0) is 66.6 Å². The van der Waals surface area contributed by atoms with Crippen LogP contribution in [0.2, 0.25) is 0 Å². The Bertz CT molecular complexity index is 726. The molecular formula is C21H23NO. The number of fused-ring (bicyclic) bond motifs is 1. The highest BCUT2D eigenvalue weighted by atomic mass is 16.1. The summed E-state index contributed by atoms with van der Waals surface area (Å²) < 4.78 is 0. The molecule has 2 aromatic rings. The van der Waals surface area contributed by atoms with E-state index in [0.29, 0.717) is 0 Å². The SMILES string of the molecule is CN(C)c1ccc(/C=C/C(=O)c2ccc3c(c2)CCCC3)cc1. The molecule has 0 heterocycles. The minimum atomic E-state index is 0.0788. The van der Waals surface area contributed by atoms with Gasteiger partial charge in [0.05, 0.1) is 0 Å². The number of carbonyl (C=O) groups excluding carboxylic acids is 1. The summed E-state index contributed by atoms with van der Waals surface area (Å²) in [5.41, 5.74) is 5.76. The third-order valence-corrected chi connectivity index (χ3v) is 4.47. The zero-order valence-electron chi connectivity index (χ0n) is 13.9. The summed E-state index contributed by atoms with van der Waals surface area (Å²) in [6.45, 7) is 0. The van der Waals surface area contributed by atoms with Gasteiger partial charge in [0.2, 0.25) is 0 Å². The van der Waals surface area contributed by atoms with Gasteiger partial charge in [-0.1, -0.05) is 30.3 Å². The maximum absolute atomic E-state index is 12.4. The Morgan fingerprint density at radius 3 is 2.35 bits per heavy atom. The van der Waals surface area contributed by atoms with Crippen LogP contribution in [-0.2, 0) is 12.8 Å². The highest BCUT2D eigenvalue weighted by molar-refractivity contribution is 6.07. The number of rotatable bonds is 4. The van der Waals surface area contributed by atoms with E-state index in [4.69, 9.17) is 0 Å². The van der Waals surface area contributed by atoms with Crippen LogP contribution in [0.25, 0.3) is 6.08 Å². The monoisotopic (exact) mass is 305 g/mol. The van der Waals surface area contributed by atoms with Gasteiger partial charge in [-0.2, -0.15) is 0 Å². The summed E-state index contributed by atoms with van der Waals surface area (Å²) >= 11 is 0.